The maximum Gasteiger partial charge on any atom is 0.272 e. The molecular weight excluding hydrogens is 562 g/mol. The molecule has 0 aliphatic heterocycles. The van der Waals surface area contributed by atoms with Crippen LogP contribution in [-0.4, -0.2) is 53.5 Å². The summed E-state index contributed by atoms with van der Waals surface area (Å²) in [5, 5.41) is 12.0. The molecule has 3 amide bonds. The Morgan fingerprint density at radius 2 is 1.43 bits per heavy atom. The number of amidine groups is 1. The van der Waals surface area contributed by atoms with Crippen LogP contribution in [0.3, 0.4) is 0 Å². The number of oxime groups is 1. The summed E-state index contributed by atoms with van der Waals surface area (Å²) in [5.74, 6) is 0.00399. The second kappa shape index (κ2) is 14.4. The van der Waals surface area contributed by atoms with E-state index in [9.17, 15) is 14.4 Å². The molecule has 0 unspecified atom stereocenters. The van der Waals surface area contributed by atoms with Gasteiger partial charge in [-0.3, -0.25) is 14.4 Å². The Morgan fingerprint density at radius 3 is 2.07 bits per heavy atom. The second-order valence-electron chi connectivity index (χ2n) is 9.86. The molecule has 0 aliphatic carbocycles. The number of carbonyl (C=O) groups excluding carboxylic acids is 3. The number of methoxy groups -OCH3 is 1. The van der Waals surface area contributed by atoms with Gasteiger partial charge >= 0.3 is 0 Å². The fourth-order valence-corrected chi connectivity index (χ4v) is 4.36. The number of nitrogens with one attached hydrogen (secondary N) is 3. The van der Waals surface area contributed by atoms with Gasteiger partial charge in [-0.05, 0) is 47.5 Å². The SMILES string of the molecule is CO/N=C(/N)CCNC(=O)c1cc(NC(=O)c2cc(NC(=O)c3ccc(/C=C/c4cccc(OC)c4)cc3)cn2C)cn1C. The highest BCUT2D eigenvalue weighted by molar-refractivity contribution is 6.07. The Morgan fingerprint density at radius 1 is 0.818 bits per heavy atom. The van der Waals surface area contributed by atoms with Gasteiger partial charge in [0.05, 0.1) is 18.5 Å². The minimum absolute atomic E-state index is 0.262. The number of anilines is 2. The molecule has 2 heterocycles. The summed E-state index contributed by atoms with van der Waals surface area (Å²) >= 11 is 0. The molecule has 12 nitrogen and oxygen atoms in total. The highest BCUT2D eigenvalue weighted by Crippen LogP contribution is 2.19. The van der Waals surface area contributed by atoms with Gasteiger partial charge < -0.3 is 40.4 Å². The lowest BCUT2D eigenvalue weighted by atomic mass is 10.1. The Hall–Kier alpha value is -5.78. The number of nitrogens with zero attached hydrogens (tertiary/aromatic N) is 3. The Kier molecular flexibility index (Phi) is 10.2. The van der Waals surface area contributed by atoms with Crippen LogP contribution in [0.25, 0.3) is 12.2 Å². The van der Waals surface area contributed by atoms with E-state index in [2.05, 4.69) is 25.9 Å². The maximum atomic E-state index is 13.0. The number of hydrogen-bond donors (Lipinski definition) is 4. The zero-order chi connectivity index (χ0) is 31.6. The molecule has 2 aromatic carbocycles. The summed E-state index contributed by atoms with van der Waals surface area (Å²) in [7, 11) is 6.42. The van der Waals surface area contributed by atoms with Gasteiger partial charge in [-0.1, -0.05) is 41.6 Å². The molecule has 4 aromatic rings. The quantitative estimate of drug-likeness (QED) is 0.0835. The van der Waals surface area contributed by atoms with Crippen LogP contribution in [0, 0.1) is 0 Å². The highest BCUT2D eigenvalue weighted by atomic mass is 16.6. The standard InChI is InChI=1S/C32H35N7O5/c1-38-20-25(17-27(38)31(41)34-15-14-29(33)37-44-4)36-32(42)28-18-24(19-39(28)2)35-30(40)23-12-10-21(11-13-23)8-9-22-6-5-7-26(16-22)43-3/h5-13,16-20H,14-15H2,1-4H3,(H2,33,37)(H,34,41)(H,35,40)(H,36,42)/b9-8+. The number of aryl methyl sites for hydroxylation is 2. The third-order valence-corrected chi connectivity index (χ3v) is 6.60. The van der Waals surface area contributed by atoms with Crippen molar-refractivity contribution in [1.82, 2.24) is 14.5 Å². The van der Waals surface area contributed by atoms with Gasteiger partial charge in [-0.25, -0.2) is 0 Å². The molecular formula is C32H35N7O5. The molecule has 0 bridgehead atoms. The number of carbonyl (C=O) groups is 3. The molecule has 0 fully saturated rings. The summed E-state index contributed by atoms with van der Waals surface area (Å²) in [6, 6.07) is 18.1. The molecule has 0 saturated heterocycles. The first-order valence-corrected chi connectivity index (χ1v) is 13.7. The van der Waals surface area contributed by atoms with E-state index in [0.717, 1.165) is 16.9 Å². The van der Waals surface area contributed by atoms with Crippen LogP contribution >= 0.6 is 0 Å². The smallest absolute Gasteiger partial charge is 0.272 e. The number of amides is 3. The molecule has 0 aliphatic rings. The molecule has 12 heteroatoms. The lowest BCUT2D eigenvalue weighted by Crippen LogP contribution is -2.29. The molecule has 2 aromatic heterocycles. The third kappa shape index (κ3) is 8.16. The molecule has 228 valence electrons. The van der Waals surface area contributed by atoms with Gasteiger partial charge in [-0.15, -0.1) is 0 Å². The lowest BCUT2D eigenvalue weighted by molar-refractivity contribution is 0.0944. The van der Waals surface area contributed by atoms with Gasteiger partial charge in [0.2, 0.25) is 0 Å². The first-order chi connectivity index (χ1) is 21.2. The first-order valence-electron chi connectivity index (χ1n) is 13.7. The van der Waals surface area contributed by atoms with Crippen LogP contribution in [0.2, 0.25) is 0 Å². The van der Waals surface area contributed by atoms with Gasteiger partial charge in [-0.2, -0.15) is 0 Å². The number of benzene rings is 2. The Bertz CT molecular complexity index is 1700. The monoisotopic (exact) mass is 597 g/mol. The maximum absolute atomic E-state index is 13.0. The fraction of sp³-hybridized carbons (Fsp3) is 0.188. The topological polar surface area (TPSA) is 154 Å². The Balaban J connectivity index is 1.34. The number of hydrogen-bond acceptors (Lipinski definition) is 6. The van der Waals surface area contributed by atoms with E-state index in [1.165, 1.54) is 7.11 Å². The minimum atomic E-state index is -0.402. The van der Waals surface area contributed by atoms with E-state index in [4.69, 9.17) is 10.5 Å². The normalized spacial score (nSPS) is 11.3. The second-order valence-corrected chi connectivity index (χ2v) is 9.86. The third-order valence-electron chi connectivity index (χ3n) is 6.60. The summed E-state index contributed by atoms with van der Waals surface area (Å²) in [6.45, 7) is 0.272. The number of ether oxygens (including phenoxy) is 1. The molecule has 0 radical (unpaired) electrons. The van der Waals surface area contributed by atoms with Crippen LogP contribution in [0.15, 0.2) is 78.2 Å². The van der Waals surface area contributed by atoms with E-state index >= 15 is 0 Å². The van der Waals surface area contributed by atoms with Crippen LogP contribution in [0.4, 0.5) is 11.4 Å². The summed E-state index contributed by atoms with van der Waals surface area (Å²) in [6.07, 6.45) is 7.54. The zero-order valence-corrected chi connectivity index (χ0v) is 25.0. The van der Waals surface area contributed by atoms with Crippen LogP contribution in [0.5, 0.6) is 5.75 Å². The summed E-state index contributed by atoms with van der Waals surface area (Å²) in [5.41, 5.74) is 9.64. The van der Waals surface area contributed by atoms with Gasteiger partial charge in [0.15, 0.2) is 0 Å². The van der Waals surface area contributed by atoms with E-state index in [1.54, 1.807) is 67.0 Å². The van der Waals surface area contributed by atoms with Crippen molar-refractivity contribution in [2.45, 2.75) is 6.42 Å². The van der Waals surface area contributed by atoms with Crippen molar-refractivity contribution in [3.8, 4) is 5.75 Å². The summed E-state index contributed by atoms with van der Waals surface area (Å²) in [4.78, 5) is 43.1. The van der Waals surface area contributed by atoms with Gasteiger partial charge in [0, 0.05) is 45.0 Å². The average Bonchev–Trinajstić information content (AvgIpc) is 3.57. The van der Waals surface area contributed by atoms with Crippen molar-refractivity contribution in [3.63, 3.8) is 0 Å². The van der Waals surface area contributed by atoms with Gasteiger partial charge in [0.1, 0.15) is 30.1 Å². The predicted octanol–water partition coefficient (Wildman–Crippen LogP) is 4.09. The van der Waals surface area contributed by atoms with Crippen molar-refractivity contribution in [1.29, 1.82) is 0 Å². The lowest BCUT2D eigenvalue weighted by Gasteiger charge is -2.05. The van der Waals surface area contributed by atoms with Crippen molar-refractivity contribution >= 4 is 47.1 Å². The predicted molar refractivity (Wildman–Crippen MR) is 171 cm³/mol. The first kappa shape index (κ1) is 31.2. The molecule has 0 spiro atoms. The number of rotatable bonds is 12. The molecule has 5 N–H and O–H groups in total. The van der Waals surface area contributed by atoms with E-state index in [1.807, 2.05) is 48.6 Å². The molecule has 0 atom stereocenters. The van der Waals surface area contributed by atoms with Crippen molar-refractivity contribution < 1.29 is 24.0 Å². The van der Waals surface area contributed by atoms with Crippen LogP contribution in [0.1, 0.15) is 48.9 Å². The van der Waals surface area contributed by atoms with Crippen LogP contribution < -0.4 is 26.4 Å². The Labute approximate surface area is 255 Å². The average molecular weight is 598 g/mol. The van der Waals surface area contributed by atoms with Gasteiger partial charge in [0.25, 0.3) is 17.7 Å². The van der Waals surface area contributed by atoms with Crippen molar-refractivity contribution in [3.05, 3.63) is 101 Å². The number of nitrogens with two attached hydrogens (primary N) is 1. The highest BCUT2D eigenvalue weighted by Gasteiger charge is 2.17. The molecule has 0 saturated carbocycles. The van der Waals surface area contributed by atoms with E-state index in [-0.39, 0.29) is 24.2 Å². The van der Waals surface area contributed by atoms with Crippen LogP contribution in [-0.2, 0) is 18.9 Å². The molecule has 4 rings (SSSR count). The minimum Gasteiger partial charge on any atom is -0.497 e. The van der Waals surface area contributed by atoms with Crippen molar-refractivity contribution in [2.75, 3.05) is 31.4 Å². The molecule has 44 heavy (non-hydrogen) atoms. The van der Waals surface area contributed by atoms with E-state index < -0.39 is 5.91 Å². The van der Waals surface area contributed by atoms with E-state index in [0.29, 0.717) is 34.7 Å². The van der Waals surface area contributed by atoms with Crippen molar-refractivity contribution in [2.24, 2.45) is 25.0 Å². The largest absolute Gasteiger partial charge is 0.497 e. The summed E-state index contributed by atoms with van der Waals surface area (Å²) < 4.78 is 8.47. The number of aromatic nitrogens is 2. The zero-order valence-electron chi connectivity index (χ0n) is 25.0. The fourth-order valence-electron chi connectivity index (χ4n) is 4.36.